The van der Waals surface area contributed by atoms with E-state index >= 15 is 0 Å². The molecule has 0 fully saturated rings. The Morgan fingerprint density at radius 1 is 0.893 bits per heavy atom. The fourth-order valence-corrected chi connectivity index (χ4v) is 2.47. The van der Waals surface area contributed by atoms with Crippen molar-refractivity contribution in [1.82, 2.24) is 4.98 Å². The third-order valence-corrected chi connectivity index (χ3v) is 3.74. The minimum absolute atomic E-state index is 0.158. The van der Waals surface area contributed by atoms with Crippen LogP contribution in [0.3, 0.4) is 0 Å². The van der Waals surface area contributed by atoms with E-state index < -0.39 is 0 Å². The summed E-state index contributed by atoms with van der Waals surface area (Å²) in [5.41, 5.74) is 3.53. The maximum Gasteiger partial charge on any atom is 0.274 e. The molecule has 1 heterocycles. The standard InChI is InChI=1S/C21H17N5O2/c1-14(27)24-16-5-7-17(8-6-16)26-21(28)20-10-9-19(13-23-20)25-18-4-2-3-15(11-18)12-22/h2-11,13,25H,1H3,(H,24,27)(H,26,28). The van der Waals surface area contributed by atoms with Gasteiger partial charge in [-0.05, 0) is 54.6 Å². The van der Waals surface area contributed by atoms with E-state index in [0.29, 0.717) is 22.6 Å². The fraction of sp³-hybridized carbons (Fsp3) is 0.0476. The van der Waals surface area contributed by atoms with Crippen LogP contribution in [0.1, 0.15) is 23.0 Å². The smallest absolute Gasteiger partial charge is 0.274 e. The zero-order valence-electron chi connectivity index (χ0n) is 15.1. The Hall–Kier alpha value is -4.18. The molecule has 138 valence electrons. The average Bonchev–Trinajstić information content (AvgIpc) is 2.70. The summed E-state index contributed by atoms with van der Waals surface area (Å²) >= 11 is 0. The van der Waals surface area contributed by atoms with Crippen LogP contribution in [0, 0.1) is 11.3 Å². The number of anilines is 4. The summed E-state index contributed by atoms with van der Waals surface area (Å²) in [7, 11) is 0. The SMILES string of the molecule is CC(=O)Nc1ccc(NC(=O)c2ccc(Nc3cccc(C#N)c3)cn2)cc1. The van der Waals surface area contributed by atoms with Crippen LogP contribution in [0.25, 0.3) is 0 Å². The summed E-state index contributed by atoms with van der Waals surface area (Å²) < 4.78 is 0. The van der Waals surface area contributed by atoms with Crippen molar-refractivity contribution in [3.8, 4) is 6.07 Å². The molecule has 0 radical (unpaired) electrons. The lowest BCUT2D eigenvalue weighted by Gasteiger charge is -2.08. The number of rotatable bonds is 5. The van der Waals surface area contributed by atoms with Gasteiger partial charge < -0.3 is 16.0 Å². The topological polar surface area (TPSA) is 107 Å². The number of nitrogens with zero attached hydrogens (tertiary/aromatic N) is 2. The largest absolute Gasteiger partial charge is 0.354 e. The zero-order valence-corrected chi connectivity index (χ0v) is 15.1. The first-order chi connectivity index (χ1) is 13.5. The van der Waals surface area contributed by atoms with Gasteiger partial charge in [-0.1, -0.05) is 6.07 Å². The van der Waals surface area contributed by atoms with Crippen molar-refractivity contribution >= 4 is 34.6 Å². The van der Waals surface area contributed by atoms with Gasteiger partial charge in [0, 0.05) is 24.0 Å². The Balaban J connectivity index is 1.63. The third kappa shape index (κ3) is 4.93. The second-order valence-electron chi connectivity index (χ2n) is 5.96. The number of hydrogen-bond acceptors (Lipinski definition) is 5. The molecule has 0 aliphatic heterocycles. The monoisotopic (exact) mass is 371 g/mol. The van der Waals surface area contributed by atoms with Gasteiger partial charge in [-0.25, -0.2) is 4.98 Å². The Morgan fingerprint density at radius 3 is 2.18 bits per heavy atom. The molecule has 2 amide bonds. The second-order valence-corrected chi connectivity index (χ2v) is 5.96. The maximum atomic E-state index is 12.3. The lowest BCUT2D eigenvalue weighted by molar-refractivity contribution is -0.114. The number of pyridine rings is 1. The van der Waals surface area contributed by atoms with E-state index in [1.54, 1.807) is 60.8 Å². The minimum Gasteiger partial charge on any atom is -0.354 e. The highest BCUT2D eigenvalue weighted by Gasteiger charge is 2.08. The lowest BCUT2D eigenvalue weighted by atomic mass is 10.2. The van der Waals surface area contributed by atoms with E-state index in [1.165, 1.54) is 6.92 Å². The van der Waals surface area contributed by atoms with Crippen LogP contribution < -0.4 is 16.0 Å². The quantitative estimate of drug-likeness (QED) is 0.630. The molecule has 3 N–H and O–H groups in total. The molecule has 0 bridgehead atoms. The number of carbonyl (C=O) groups excluding carboxylic acids is 2. The van der Waals surface area contributed by atoms with Gasteiger partial charge in [-0.15, -0.1) is 0 Å². The molecule has 0 unspecified atom stereocenters. The summed E-state index contributed by atoms with van der Waals surface area (Å²) in [5.74, 6) is -0.501. The fourth-order valence-electron chi connectivity index (χ4n) is 2.47. The number of nitrogens with one attached hydrogen (secondary N) is 3. The third-order valence-electron chi connectivity index (χ3n) is 3.74. The van der Waals surface area contributed by atoms with Crippen molar-refractivity contribution in [2.75, 3.05) is 16.0 Å². The molecule has 7 heteroatoms. The van der Waals surface area contributed by atoms with E-state index in [2.05, 4.69) is 27.0 Å². The van der Waals surface area contributed by atoms with Crippen molar-refractivity contribution in [2.24, 2.45) is 0 Å². The first-order valence-corrected chi connectivity index (χ1v) is 8.46. The van der Waals surface area contributed by atoms with Crippen LogP contribution >= 0.6 is 0 Å². The summed E-state index contributed by atoms with van der Waals surface area (Å²) in [4.78, 5) is 27.5. The van der Waals surface area contributed by atoms with Crippen molar-refractivity contribution in [2.45, 2.75) is 6.92 Å². The first-order valence-electron chi connectivity index (χ1n) is 8.46. The van der Waals surface area contributed by atoms with Crippen LogP contribution in [0.15, 0.2) is 66.9 Å². The van der Waals surface area contributed by atoms with Crippen molar-refractivity contribution < 1.29 is 9.59 Å². The van der Waals surface area contributed by atoms with Gasteiger partial charge in [0.1, 0.15) is 5.69 Å². The van der Waals surface area contributed by atoms with E-state index in [1.807, 2.05) is 6.07 Å². The van der Waals surface area contributed by atoms with Crippen molar-refractivity contribution in [3.05, 3.63) is 78.1 Å². The van der Waals surface area contributed by atoms with Crippen LogP contribution in [-0.4, -0.2) is 16.8 Å². The van der Waals surface area contributed by atoms with Gasteiger partial charge in [0.2, 0.25) is 5.91 Å². The molecule has 0 aliphatic carbocycles. The van der Waals surface area contributed by atoms with Crippen LogP contribution in [0.4, 0.5) is 22.7 Å². The molecule has 0 saturated carbocycles. The highest BCUT2D eigenvalue weighted by molar-refractivity contribution is 6.03. The molecule has 0 aliphatic rings. The second kappa shape index (κ2) is 8.47. The van der Waals surface area contributed by atoms with Crippen LogP contribution in [0.2, 0.25) is 0 Å². The summed E-state index contributed by atoms with van der Waals surface area (Å²) in [6.07, 6.45) is 1.55. The molecule has 3 aromatic rings. The van der Waals surface area contributed by atoms with Gasteiger partial charge in [0.25, 0.3) is 5.91 Å². The highest BCUT2D eigenvalue weighted by atomic mass is 16.2. The van der Waals surface area contributed by atoms with E-state index in [-0.39, 0.29) is 17.5 Å². The van der Waals surface area contributed by atoms with E-state index in [9.17, 15) is 9.59 Å². The molecule has 7 nitrogen and oxygen atoms in total. The number of nitriles is 1. The predicted octanol–water partition coefficient (Wildman–Crippen LogP) is 3.91. The Morgan fingerprint density at radius 2 is 1.57 bits per heavy atom. The number of amides is 2. The van der Waals surface area contributed by atoms with Crippen molar-refractivity contribution in [1.29, 1.82) is 5.26 Å². The van der Waals surface area contributed by atoms with Crippen molar-refractivity contribution in [3.63, 3.8) is 0 Å². The molecule has 0 atom stereocenters. The number of hydrogen-bond donors (Lipinski definition) is 3. The molecular weight excluding hydrogens is 354 g/mol. The van der Waals surface area contributed by atoms with Gasteiger partial charge >= 0.3 is 0 Å². The molecule has 0 saturated heterocycles. The highest BCUT2D eigenvalue weighted by Crippen LogP contribution is 2.18. The normalized spacial score (nSPS) is 9.86. The summed E-state index contributed by atoms with van der Waals surface area (Å²) in [6.45, 7) is 1.43. The summed E-state index contributed by atoms with van der Waals surface area (Å²) in [6, 6.07) is 19.3. The number of benzene rings is 2. The Labute approximate surface area is 162 Å². The van der Waals surface area contributed by atoms with E-state index in [0.717, 1.165) is 5.69 Å². The molecule has 1 aromatic heterocycles. The molecule has 0 spiro atoms. The predicted molar refractivity (Wildman–Crippen MR) is 107 cm³/mol. The van der Waals surface area contributed by atoms with Gasteiger partial charge in [-0.2, -0.15) is 5.26 Å². The zero-order chi connectivity index (χ0) is 19.9. The lowest BCUT2D eigenvalue weighted by Crippen LogP contribution is -2.13. The molecular formula is C21H17N5O2. The molecule has 2 aromatic carbocycles. The molecule has 28 heavy (non-hydrogen) atoms. The first kappa shape index (κ1) is 18.6. The number of aromatic nitrogens is 1. The van der Waals surface area contributed by atoms with Crippen LogP contribution in [0.5, 0.6) is 0 Å². The Kier molecular flexibility index (Phi) is 5.63. The number of carbonyl (C=O) groups is 2. The molecule has 3 rings (SSSR count). The van der Waals surface area contributed by atoms with Gasteiger partial charge in [0.15, 0.2) is 0 Å². The average molecular weight is 371 g/mol. The van der Waals surface area contributed by atoms with E-state index in [4.69, 9.17) is 5.26 Å². The Bertz CT molecular complexity index is 1040. The minimum atomic E-state index is -0.342. The van der Waals surface area contributed by atoms with Gasteiger partial charge in [0.05, 0.1) is 23.5 Å². The van der Waals surface area contributed by atoms with Crippen LogP contribution in [-0.2, 0) is 4.79 Å². The summed E-state index contributed by atoms with van der Waals surface area (Å²) in [5, 5.41) is 17.5. The maximum absolute atomic E-state index is 12.3. The van der Waals surface area contributed by atoms with Gasteiger partial charge in [-0.3, -0.25) is 9.59 Å².